The highest BCUT2D eigenvalue weighted by Gasteiger charge is 2.08. The minimum atomic E-state index is 0.0545. The van der Waals surface area contributed by atoms with Gasteiger partial charge in [0, 0.05) is 29.9 Å². The molecule has 0 aliphatic rings. The van der Waals surface area contributed by atoms with E-state index >= 15 is 0 Å². The highest BCUT2D eigenvalue weighted by atomic mass is 16.5. The number of ether oxygens (including phenoxy) is 2. The van der Waals surface area contributed by atoms with Crippen molar-refractivity contribution in [1.29, 1.82) is 0 Å². The number of phenols is 1. The molecule has 2 aromatic rings. The summed E-state index contributed by atoms with van der Waals surface area (Å²) in [5.74, 6) is 1.73. The number of methoxy groups -OCH3 is 2. The second-order valence-corrected chi connectivity index (χ2v) is 4.56. The summed E-state index contributed by atoms with van der Waals surface area (Å²) in [6.45, 7) is 2.03. The number of benzene rings is 2. The van der Waals surface area contributed by atoms with E-state index in [1.165, 1.54) is 0 Å². The molecule has 1 atom stereocenters. The van der Waals surface area contributed by atoms with E-state index in [9.17, 15) is 5.11 Å². The van der Waals surface area contributed by atoms with Crippen LogP contribution in [0.3, 0.4) is 0 Å². The lowest BCUT2D eigenvalue weighted by Crippen LogP contribution is -2.06. The van der Waals surface area contributed by atoms with E-state index in [2.05, 4.69) is 5.32 Å². The number of aromatic hydroxyl groups is 1. The summed E-state index contributed by atoms with van der Waals surface area (Å²) < 4.78 is 10.5. The van der Waals surface area contributed by atoms with Gasteiger partial charge in [-0.25, -0.2) is 0 Å². The first-order valence-electron chi connectivity index (χ1n) is 6.41. The van der Waals surface area contributed by atoms with E-state index in [0.29, 0.717) is 0 Å². The van der Waals surface area contributed by atoms with Crippen molar-refractivity contribution in [1.82, 2.24) is 0 Å². The van der Waals surface area contributed by atoms with Crippen molar-refractivity contribution >= 4 is 5.69 Å². The van der Waals surface area contributed by atoms with Gasteiger partial charge in [0.25, 0.3) is 0 Å². The molecule has 0 radical (unpaired) electrons. The molecule has 0 aromatic heterocycles. The average molecular weight is 273 g/mol. The third-order valence-electron chi connectivity index (χ3n) is 3.10. The second kappa shape index (κ2) is 6.19. The Bertz CT molecular complexity index is 561. The zero-order valence-corrected chi connectivity index (χ0v) is 11.9. The first-order chi connectivity index (χ1) is 9.62. The molecule has 0 saturated heterocycles. The zero-order chi connectivity index (χ0) is 14.5. The Morgan fingerprint density at radius 1 is 1.00 bits per heavy atom. The van der Waals surface area contributed by atoms with Gasteiger partial charge in [0.05, 0.1) is 14.2 Å². The highest BCUT2D eigenvalue weighted by molar-refractivity contribution is 5.55. The van der Waals surface area contributed by atoms with Gasteiger partial charge in [-0.3, -0.25) is 0 Å². The lowest BCUT2D eigenvalue weighted by Gasteiger charge is -2.17. The molecule has 2 aromatic carbocycles. The molecule has 0 bridgehead atoms. The van der Waals surface area contributed by atoms with E-state index < -0.39 is 0 Å². The third kappa shape index (κ3) is 3.35. The van der Waals surface area contributed by atoms with Crippen LogP contribution in [0.1, 0.15) is 18.5 Å². The molecule has 106 valence electrons. The third-order valence-corrected chi connectivity index (χ3v) is 3.10. The van der Waals surface area contributed by atoms with Crippen molar-refractivity contribution < 1.29 is 14.6 Å². The first-order valence-corrected chi connectivity index (χ1v) is 6.41. The molecular weight excluding hydrogens is 254 g/mol. The van der Waals surface area contributed by atoms with Gasteiger partial charge in [-0.05, 0) is 24.6 Å². The van der Waals surface area contributed by atoms with Crippen molar-refractivity contribution in [2.24, 2.45) is 0 Å². The van der Waals surface area contributed by atoms with Crippen LogP contribution in [0, 0.1) is 0 Å². The van der Waals surface area contributed by atoms with Gasteiger partial charge >= 0.3 is 0 Å². The lowest BCUT2D eigenvalue weighted by atomic mass is 10.1. The van der Waals surface area contributed by atoms with Crippen LogP contribution in [0.15, 0.2) is 42.5 Å². The number of nitrogens with one attached hydrogen (secondary N) is 1. The van der Waals surface area contributed by atoms with Crippen LogP contribution in [0.2, 0.25) is 0 Å². The number of hydrogen-bond acceptors (Lipinski definition) is 4. The molecule has 2 rings (SSSR count). The fourth-order valence-electron chi connectivity index (χ4n) is 2.02. The van der Waals surface area contributed by atoms with Crippen molar-refractivity contribution in [2.45, 2.75) is 13.0 Å². The Labute approximate surface area is 119 Å². The van der Waals surface area contributed by atoms with E-state index in [1.54, 1.807) is 26.4 Å². The Kier molecular flexibility index (Phi) is 4.35. The minimum absolute atomic E-state index is 0.0545. The van der Waals surface area contributed by atoms with Crippen LogP contribution >= 0.6 is 0 Å². The second-order valence-electron chi connectivity index (χ2n) is 4.56. The molecular formula is C16H19NO3. The molecule has 0 amide bonds. The summed E-state index contributed by atoms with van der Waals surface area (Å²) in [5.41, 5.74) is 1.91. The fraction of sp³-hybridized carbons (Fsp3) is 0.250. The Balaban J connectivity index is 2.20. The van der Waals surface area contributed by atoms with Crippen LogP contribution in [-0.4, -0.2) is 19.3 Å². The molecule has 0 saturated carbocycles. The summed E-state index contributed by atoms with van der Waals surface area (Å²) in [5, 5.41) is 12.9. The molecule has 4 nitrogen and oxygen atoms in total. The standard InChI is InChI=1S/C16H19NO3/c1-11(12-5-4-6-14(18)7-12)17-13-8-15(19-2)10-16(9-13)20-3/h4-11,17-18H,1-3H3. The SMILES string of the molecule is COc1cc(NC(C)c2cccc(O)c2)cc(OC)c1. The maximum absolute atomic E-state index is 9.52. The molecule has 0 heterocycles. The van der Waals surface area contributed by atoms with Crippen molar-refractivity contribution in [3.05, 3.63) is 48.0 Å². The predicted molar refractivity (Wildman–Crippen MR) is 79.7 cm³/mol. The number of rotatable bonds is 5. The van der Waals surface area contributed by atoms with Gasteiger partial charge in [-0.15, -0.1) is 0 Å². The number of hydrogen-bond donors (Lipinski definition) is 2. The van der Waals surface area contributed by atoms with Crippen LogP contribution in [0.25, 0.3) is 0 Å². The molecule has 20 heavy (non-hydrogen) atoms. The van der Waals surface area contributed by atoms with Gasteiger partial charge in [-0.1, -0.05) is 12.1 Å². The van der Waals surface area contributed by atoms with Crippen molar-refractivity contribution in [3.8, 4) is 17.2 Å². The topological polar surface area (TPSA) is 50.7 Å². The summed E-state index contributed by atoms with van der Waals surface area (Å²) >= 11 is 0. The maximum Gasteiger partial charge on any atom is 0.124 e. The number of anilines is 1. The van der Waals surface area contributed by atoms with Crippen molar-refractivity contribution in [2.75, 3.05) is 19.5 Å². The molecule has 1 unspecified atom stereocenters. The van der Waals surface area contributed by atoms with Gasteiger partial charge in [0.15, 0.2) is 0 Å². The van der Waals surface area contributed by atoms with Gasteiger partial charge in [0.1, 0.15) is 17.2 Å². The monoisotopic (exact) mass is 273 g/mol. The van der Waals surface area contributed by atoms with Gasteiger partial charge in [-0.2, -0.15) is 0 Å². The quantitative estimate of drug-likeness (QED) is 0.874. The molecule has 0 fully saturated rings. The molecule has 0 aliphatic heterocycles. The summed E-state index contributed by atoms with van der Waals surface area (Å²) in [6.07, 6.45) is 0. The van der Waals surface area contributed by atoms with Crippen molar-refractivity contribution in [3.63, 3.8) is 0 Å². The average Bonchev–Trinajstić information content (AvgIpc) is 2.46. The van der Waals surface area contributed by atoms with E-state index in [1.807, 2.05) is 37.3 Å². The zero-order valence-electron chi connectivity index (χ0n) is 11.9. The molecule has 0 spiro atoms. The Morgan fingerprint density at radius 3 is 2.20 bits per heavy atom. The Hall–Kier alpha value is -2.36. The van der Waals surface area contributed by atoms with Crippen LogP contribution in [-0.2, 0) is 0 Å². The van der Waals surface area contributed by atoms with E-state index in [-0.39, 0.29) is 11.8 Å². The van der Waals surface area contributed by atoms with E-state index in [0.717, 1.165) is 22.7 Å². The fourth-order valence-corrected chi connectivity index (χ4v) is 2.02. The first kappa shape index (κ1) is 14.1. The highest BCUT2D eigenvalue weighted by Crippen LogP contribution is 2.29. The normalized spacial score (nSPS) is 11.8. The molecule has 2 N–H and O–H groups in total. The van der Waals surface area contributed by atoms with Gasteiger partial charge < -0.3 is 19.9 Å². The molecule has 4 heteroatoms. The maximum atomic E-state index is 9.52. The molecule has 0 aliphatic carbocycles. The number of phenolic OH excluding ortho intramolecular Hbond substituents is 1. The summed E-state index contributed by atoms with van der Waals surface area (Å²) in [6, 6.07) is 12.9. The summed E-state index contributed by atoms with van der Waals surface area (Å²) in [4.78, 5) is 0. The largest absolute Gasteiger partial charge is 0.508 e. The van der Waals surface area contributed by atoms with Gasteiger partial charge in [0.2, 0.25) is 0 Å². The Morgan fingerprint density at radius 2 is 1.65 bits per heavy atom. The van der Waals surface area contributed by atoms with Crippen LogP contribution in [0.5, 0.6) is 17.2 Å². The van der Waals surface area contributed by atoms with E-state index in [4.69, 9.17) is 9.47 Å². The summed E-state index contributed by atoms with van der Waals surface area (Å²) in [7, 11) is 3.24. The predicted octanol–water partition coefficient (Wildman–Crippen LogP) is 3.58. The lowest BCUT2D eigenvalue weighted by molar-refractivity contribution is 0.394. The van der Waals surface area contributed by atoms with Crippen LogP contribution in [0.4, 0.5) is 5.69 Å². The smallest absolute Gasteiger partial charge is 0.124 e. The minimum Gasteiger partial charge on any atom is -0.508 e. The van der Waals surface area contributed by atoms with Crippen LogP contribution < -0.4 is 14.8 Å².